The van der Waals surface area contributed by atoms with Crippen molar-refractivity contribution in [3.63, 3.8) is 0 Å². The number of ether oxygens (including phenoxy) is 1. The average Bonchev–Trinajstić information content (AvgIpc) is 3.29. The van der Waals surface area contributed by atoms with Crippen LogP contribution < -0.4 is 15.4 Å². The van der Waals surface area contributed by atoms with Crippen molar-refractivity contribution in [2.75, 3.05) is 13.7 Å². The summed E-state index contributed by atoms with van der Waals surface area (Å²) in [6.07, 6.45) is 5.09. The van der Waals surface area contributed by atoms with Crippen molar-refractivity contribution >= 4 is 59.7 Å². The number of thiocarbonyl (C=S) groups is 1. The van der Waals surface area contributed by atoms with Gasteiger partial charge < -0.3 is 19.6 Å². The minimum atomic E-state index is -2.11. The molecule has 226 valence electrons. The van der Waals surface area contributed by atoms with E-state index in [1.54, 1.807) is 19.2 Å². The molecule has 0 bridgehead atoms. The van der Waals surface area contributed by atoms with E-state index in [4.69, 9.17) is 21.4 Å². The number of benzene rings is 2. The molecule has 2 aromatic rings. The number of halogens is 1. The molecule has 9 heteroatoms. The zero-order valence-electron chi connectivity index (χ0n) is 25.4. The number of hydrogen-bond donors (Lipinski definition) is 3. The maximum absolute atomic E-state index is 13.0. The second-order valence-electron chi connectivity index (χ2n) is 12.2. The summed E-state index contributed by atoms with van der Waals surface area (Å²) in [5.41, 5.74) is 2.29. The molecule has 3 N–H and O–H groups in total. The molecule has 42 heavy (non-hydrogen) atoms. The number of aliphatic hydroxyl groups excluding tert-OH is 1. The van der Waals surface area contributed by atoms with E-state index in [-0.39, 0.29) is 34.7 Å². The van der Waals surface area contributed by atoms with Crippen molar-refractivity contribution in [1.29, 1.82) is 0 Å². The maximum atomic E-state index is 13.0. The minimum Gasteiger partial charge on any atom is -0.497 e. The molecule has 3 rings (SSSR count). The smallest absolute Gasteiger partial charge is 0.257 e. The topological polar surface area (TPSA) is 79.8 Å². The predicted molar refractivity (Wildman–Crippen MR) is 188 cm³/mol. The van der Waals surface area contributed by atoms with Gasteiger partial charge in [0.05, 0.1) is 12.6 Å². The second-order valence-corrected chi connectivity index (χ2v) is 18.1. The first-order valence-electron chi connectivity index (χ1n) is 14.1. The molecule has 0 aliphatic heterocycles. The molecular weight excluding hydrogens is 675 g/mol. The van der Waals surface area contributed by atoms with Gasteiger partial charge in [-0.3, -0.25) is 10.1 Å². The van der Waals surface area contributed by atoms with E-state index in [0.29, 0.717) is 18.4 Å². The van der Waals surface area contributed by atoms with E-state index in [9.17, 15) is 9.90 Å². The van der Waals surface area contributed by atoms with Crippen molar-refractivity contribution in [1.82, 2.24) is 10.6 Å². The van der Waals surface area contributed by atoms with Gasteiger partial charge in [-0.25, -0.2) is 0 Å². The van der Waals surface area contributed by atoms with Crippen molar-refractivity contribution < 1.29 is 19.1 Å². The fourth-order valence-corrected chi connectivity index (χ4v) is 7.11. The maximum Gasteiger partial charge on any atom is 0.257 e. The Labute approximate surface area is 270 Å². The predicted octanol–water partition coefficient (Wildman–Crippen LogP) is 7.42. The molecule has 3 atom stereocenters. The van der Waals surface area contributed by atoms with Crippen molar-refractivity contribution in [3.05, 3.63) is 94.1 Å². The van der Waals surface area contributed by atoms with Crippen LogP contribution in [0.15, 0.2) is 83.0 Å². The SMILES string of the molecule is C=C(/C=C(\C=C/I)c1cccc(OC)c1)C1(NC(=S)NC(=O)c2ccccc2)CC(O[Si](C)(C)C(C)(C)C)CC1CO. The number of rotatable bonds is 10. The van der Waals surface area contributed by atoms with Gasteiger partial charge in [0.15, 0.2) is 13.4 Å². The summed E-state index contributed by atoms with van der Waals surface area (Å²) in [6, 6.07) is 16.8. The zero-order valence-corrected chi connectivity index (χ0v) is 29.3. The first-order chi connectivity index (χ1) is 19.8. The first-order valence-corrected chi connectivity index (χ1v) is 18.6. The summed E-state index contributed by atoms with van der Waals surface area (Å²) in [7, 11) is -0.466. The summed E-state index contributed by atoms with van der Waals surface area (Å²) < 4.78 is 14.3. The molecule has 1 fully saturated rings. The van der Waals surface area contributed by atoms with Crippen molar-refractivity contribution in [2.45, 2.75) is 63.4 Å². The molecule has 0 spiro atoms. The van der Waals surface area contributed by atoms with Gasteiger partial charge in [0, 0.05) is 24.2 Å². The Bertz CT molecular complexity index is 1340. The monoisotopic (exact) mass is 718 g/mol. The molecule has 0 heterocycles. The standard InChI is InChI=1S/C33H43IN2O4SSi/c1-23(18-26(16-17-34)25-14-11-15-28(19-25)39-5)33(36-31(41)35-30(38)24-12-9-8-10-13-24)21-29(20-27(33)22-37)40-42(6,7)32(2,3)4/h8-19,27,29,37H,1,20-22H2,2-7H3,(H2,35,36,38,41)/b17-16-,26-18+. The lowest BCUT2D eigenvalue weighted by atomic mass is 9.79. The van der Waals surface area contributed by atoms with Gasteiger partial charge in [0.1, 0.15) is 5.75 Å². The summed E-state index contributed by atoms with van der Waals surface area (Å²) in [4.78, 5) is 13.0. The molecule has 1 saturated carbocycles. The van der Waals surface area contributed by atoms with Crippen LogP contribution in [0, 0.1) is 5.92 Å². The summed E-state index contributed by atoms with van der Waals surface area (Å²) >= 11 is 7.91. The Morgan fingerprint density at radius 3 is 2.45 bits per heavy atom. The van der Waals surface area contributed by atoms with Crippen LogP contribution in [0.2, 0.25) is 18.1 Å². The van der Waals surface area contributed by atoms with Gasteiger partial charge in [-0.2, -0.15) is 0 Å². The highest BCUT2D eigenvalue weighted by atomic mass is 127. The van der Waals surface area contributed by atoms with Gasteiger partial charge in [-0.1, -0.05) is 80.3 Å². The number of hydrogen-bond acceptors (Lipinski definition) is 5. The van der Waals surface area contributed by atoms with E-state index in [2.05, 4.69) is 73.7 Å². The van der Waals surface area contributed by atoms with Gasteiger partial charge in [-0.15, -0.1) is 0 Å². The zero-order chi connectivity index (χ0) is 31.1. The lowest BCUT2D eigenvalue weighted by molar-refractivity contribution is 0.0975. The number of carbonyl (C=O) groups is 1. The minimum absolute atomic E-state index is 0.0286. The van der Waals surface area contributed by atoms with Gasteiger partial charge in [-0.05, 0) is 100 Å². The third kappa shape index (κ3) is 8.19. The molecule has 0 aromatic heterocycles. The Kier molecular flexibility index (Phi) is 11.8. The molecule has 2 aromatic carbocycles. The van der Waals surface area contributed by atoms with Crippen molar-refractivity contribution in [2.24, 2.45) is 5.92 Å². The molecule has 1 amide bonds. The van der Waals surface area contributed by atoms with Crippen LogP contribution in [0.5, 0.6) is 5.75 Å². The van der Waals surface area contributed by atoms with Crippen LogP contribution in [0.25, 0.3) is 5.57 Å². The van der Waals surface area contributed by atoms with E-state index < -0.39 is 13.9 Å². The highest BCUT2D eigenvalue weighted by Crippen LogP contribution is 2.46. The quantitative estimate of drug-likeness (QED) is 0.103. The Morgan fingerprint density at radius 1 is 1.19 bits per heavy atom. The Hall–Kier alpha value is -2.31. The van der Waals surface area contributed by atoms with E-state index >= 15 is 0 Å². The molecule has 1 aliphatic carbocycles. The molecule has 3 unspecified atom stereocenters. The lowest BCUT2D eigenvalue weighted by Crippen LogP contribution is -2.57. The number of amides is 1. The Balaban J connectivity index is 2.03. The fraction of sp³-hybridized carbons (Fsp3) is 0.394. The van der Waals surface area contributed by atoms with Crippen LogP contribution in [0.4, 0.5) is 0 Å². The average molecular weight is 719 g/mol. The van der Waals surface area contributed by atoms with Crippen LogP contribution in [0.1, 0.15) is 49.5 Å². The van der Waals surface area contributed by atoms with Crippen LogP contribution in [0.3, 0.4) is 0 Å². The molecule has 1 aliphatic rings. The van der Waals surface area contributed by atoms with E-state index in [1.807, 2.05) is 58.7 Å². The number of allylic oxidation sites excluding steroid dienone is 2. The second kappa shape index (κ2) is 14.4. The number of aliphatic hydroxyl groups is 1. The van der Waals surface area contributed by atoms with E-state index in [1.165, 1.54) is 0 Å². The summed E-state index contributed by atoms with van der Waals surface area (Å²) in [5.74, 6) is 0.195. The fourth-order valence-electron chi connectivity index (χ4n) is 5.08. The van der Waals surface area contributed by atoms with Crippen molar-refractivity contribution in [3.8, 4) is 5.75 Å². The summed E-state index contributed by atoms with van der Waals surface area (Å²) in [6.45, 7) is 15.6. The normalized spacial score (nSPS) is 21.3. The number of nitrogens with one attached hydrogen (secondary N) is 2. The Morgan fingerprint density at radius 2 is 1.86 bits per heavy atom. The third-order valence-corrected chi connectivity index (χ3v) is 13.5. The lowest BCUT2D eigenvalue weighted by Gasteiger charge is -2.40. The first kappa shape index (κ1) is 34.2. The number of carbonyl (C=O) groups excluding carboxylic acids is 1. The van der Waals surface area contributed by atoms with Crippen LogP contribution >= 0.6 is 34.8 Å². The largest absolute Gasteiger partial charge is 0.497 e. The van der Waals surface area contributed by atoms with Gasteiger partial charge in [0.25, 0.3) is 5.91 Å². The van der Waals surface area contributed by atoms with Gasteiger partial charge in [0.2, 0.25) is 0 Å². The highest BCUT2D eigenvalue weighted by molar-refractivity contribution is 14.1. The van der Waals surface area contributed by atoms with Crippen LogP contribution in [-0.2, 0) is 4.43 Å². The van der Waals surface area contributed by atoms with Crippen LogP contribution in [-0.4, -0.2) is 49.8 Å². The summed E-state index contributed by atoms with van der Waals surface area (Å²) in [5, 5.41) is 17.2. The molecule has 0 saturated heterocycles. The molecular formula is C33H43IN2O4SSi. The highest BCUT2D eigenvalue weighted by Gasteiger charge is 2.52. The molecule has 6 nitrogen and oxygen atoms in total. The number of methoxy groups -OCH3 is 1. The molecule has 0 radical (unpaired) electrons. The van der Waals surface area contributed by atoms with E-state index in [0.717, 1.165) is 22.5 Å². The third-order valence-electron chi connectivity index (χ3n) is 8.43. The van der Waals surface area contributed by atoms with Gasteiger partial charge >= 0.3 is 0 Å².